The molecule has 0 saturated carbocycles. The number of hydrogen-bond donors (Lipinski definition) is 1. The summed E-state index contributed by atoms with van der Waals surface area (Å²) in [6.07, 6.45) is 4.48. The molecule has 0 heterocycles. The number of rotatable bonds is 4. The molecule has 1 unspecified atom stereocenters. The van der Waals surface area contributed by atoms with Gasteiger partial charge in [-0.05, 0) is 0 Å². The molecule has 1 atom stereocenters. The van der Waals surface area contributed by atoms with Crippen LogP contribution in [0.2, 0.25) is 4.94 Å². The van der Waals surface area contributed by atoms with Gasteiger partial charge in [-0.1, -0.05) is 0 Å². The first kappa shape index (κ1) is 13.7. The van der Waals surface area contributed by atoms with Gasteiger partial charge in [-0.15, -0.1) is 0 Å². The van der Waals surface area contributed by atoms with Crippen LogP contribution in [0, 0.1) is 0 Å². The van der Waals surface area contributed by atoms with Crippen LogP contribution in [-0.4, -0.2) is 28.1 Å². The van der Waals surface area contributed by atoms with E-state index in [0.717, 1.165) is 0 Å². The van der Waals surface area contributed by atoms with Crippen LogP contribution in [0.4, 0.5) is 0 Å². The van der Waals surface area contributed by atoms with Gasteiger partial charge in [0.2, 0.25) is 0 Å². The zero-order valence-corrected chi connectivity index (χ0v) is 14.3. The van der Waals surface area contributed by atoms with Crippen LogP contribution in [0.1, 0.15) is 18.5 Å². The van der Waals surface area contributed by atoms with Crippen molar-refractivity contribution in [1.29, 1.82) is 0 Å². The third kappa shape index (κ3) is 3.08. The predicted molar refractivity (Wildman–Crippen MR) is 77.3 cm³/mol. The second kappa shape index (κ2) is 5.84. The molecule has 1 nitrogen and oxygen atoms in total. The summed E-state index contributed by atoms with van der Waals surface area (Å²) in [5.74, 6) is 0. The summed E-state index contributed by atoms with van der Waals surface area (Å²) in [5, 5.41) is 0. The molecule has 0 aliphatic rings. The average molecular weight is 348 g/mol. The zero-order chi connectivity index (χ0) is 11.5. The maximum atomic E-state index is 6.04. The van der Waals surface area contributed by atoms with Crippen LogP contribution in [0.3, 0.4) is 0 Å². The Labute approximate surface area is 102 Å². The standard InChI is InChI=1S/C8H10N.2CH4S.CH3.Sn/c1-7(9)8-5-3-2-4-6-8;2*1-2;;/h2-5,7H,9H2,1H3;2*2H,1H3;1H3;/q;;;;+2/p-2. The molecule has 0 saturated heterocycles. The molecule has 0 bridgehead atoms. The van der Waals surface area contributed by atoms with Gasteiger partial charge in [0.25, 0.3) is 0 Å². The van der Waals surface area contributed by atoms with E-state index < -0.39 is 15.6 Å². The van der Waals surface area contributed by atoms with Crippen LogP contribution in [0.25, 0.3) is 0 Å². The Kier molecular flexibility index (Phi) is 5.35. The van der Waals surface area contributed by atoms with Gasteiger partial charge in [0, 0.05) is 0 Å². The third-order valence-electron chi connectivity index (χ3n) is 2.72. The van der Waals surface area contributed by atoms with Crippen molar-refractivity contribution in [2.75, 3.05) is 12.5 Å². The topological polar surface area (TPSA) is 26.0 Å². The number of hydrogen-bond acceptors (Lipinski definition) is 3. The summed E-state index contributed by atoms with van der Waals surface area (Å²) in [5.41, 5.74) is 7.38. The van der Waals surface area contributed by atoms with Gasteiger partial charge < -0.3 is 0 Å². The normalized spacial score (nSPS) is 13.9. The van der Waals surface area contributed by atoms with Crippen molar-refractivity contribution in [2.45, 2.75) is 17.9 Å². The van der Waals surface area contributed by atoms with Crippen LogP contribution >= 0.6 is 17.9 Å². The van der Waals surface area contributed by atoms with E-state index in [1.54, 1.807) is 3.58 Å². The van der Waals surface area contributed by atoms with E-state index in [1.807, 2.05) is 0 Å². The van der Waals surface area contributed by atoms with Crippen LogP contribution in [0.15, 0.2) is 24.3 Å². The summed E-state index contributed by atoms with van der Waals surface area (Å²) in [4.78, 5) is 2.46. The molecule has 0 aliphatic heterocycles. The maximum absolute atomic E-state index is 6.04. The molecule has 2 N–H and O–H groups in total. The molecule has 0 amide bonds. The molecular formula is C11H19NS2Sn. The molecule has 4 heteroatoms. The van der Waals surface area contributed by atoms with Gasteiger partial charge in [0.05, 0.1) is 0 Å². The first-order valence-electron chi connectivity index (χ1n) is 5.00. The summed E-state index contributed by atoms with van der Waals surface area (Å²) >= 11 is -2.21. The van der Waals surface area contributed by atoms with Gasteiger partial charge in [-0.25, -0.2) is 0 Å². The van der Waals surface area contributed by atoms with Crippen molar-refractivity contribution in [1.82, 2.24) is 0 Å². The second-order valence-electron chi connectivity index (χ2n) is 3.73. The van der Waals surface area contributed by atoms with E-state index in [-0.39, 0.29) is 6.04 Å². The van der Waals surface area contributed by atoms with Gasteiger partial charge in [0.1, 0.15) is 0 Å². The molecule has 84 valence electrons. The van der Waals surface area contributed by atoms with Gasteiger partial charge >= 0.3 is 103 Å². The molecule has 1 aromatic rings. The molecular weight excluding hydrogens is 329 g/mol. The Balaban J connectivity index is 3.23. The van der Waals surface area contributed by atoms with Crippen molar-refractivity contribution < 1.29 is 0 Å². The summed E-state index contributed by atoms with van der Waals surface area (Å²) in [6.45, 7) is 2.08. The van der Waals surface area contributed by atoms with Gasteiger partial charge in [0.15, 0.2) is 0 Å². The molecule has 1 rings (SSSR count). The van der Waals surface area contributed by atoms with E-state index in [4.69, 9.17) is 5.73 Å². The molecule has 0 spiro atoms. The zero-order valence-electron chi connectivity index (χ0n) is 9.78. The van der Waals surface area contributed by atoms with E-state index in [0.29, 0.717) is 0 Å². The number of benzene rings is 1. The summed E-state index contributed by atoms with van der Waals surface area (Å²) in [7, 11) is 4.15. The van der Waals surface area contributed by atoms with Crippen LogP contribution < -0.4 is 9.31 Å². The van der Waals surface area contributed by atoms with E-state index >= 15 is 0 Å². The quantitative estimate of drug-likeness (QED) is 0.848. The van der Waals surface area contributed by atoms with Crippen molar-refractivity contribution >= 4 is 37.1 Å². The monoisotopic (exact) mass is 349 g/mol. The van der Waals surface area contributed by atoms with E-state index in [9.17, 15) is 0 Å². The third-order valence-corrected chi connectivity index (χ3v) is 31.4. The minimum absolute atomic E-state index is 0.150. The first-order valence-corrected chi connectivity index (χ1v) is 18.7. The van der Waals surface area contributed by atoms with E-state index in [1.165, 1.54) is 5.56 Å². The van der Waals surface area contributed by atoms with Crippen molar-refractivity contribution in [2.24, 2.45) is 5.73 Å². The molecule has 1 aromatic carbocycles. The fourth-order valence-electron chi connectivity index (χ4n) is 1.61. The molecule has 0 aromatic heterocycles. The van der Waals surface area contributed by atoms with Crippen molar-refractivity contribution in [3.63, 3.8) is 0 Å². The van der Waals surface area contributed by atoms with E-state index in [2.05, 4.69) is 66.5 Å². The Morgan fingerprint density at radius 1 is 1.20 bits per heavy atom. The van der Waals surface area contributed by atoms with Gasteiger partial charge in [-0.3, -0.25) is 0 Å². The van der Waals surface area contributed by atoms with Crippen LogP contribution in [0.5, 0.6) is 0 Å². The Morgan fingerprint density at radius 2 is 1.73 bits per heavy atom. The Hall–Kier alpha value is 0.679. The Morgan fingerprint density at radius 3 is 2.20 bits per heavy atom. The number of nitrogens with two attached hydrogens (primary N) is 1. The molecule has 0 radical (unpaired) electrons. The average Bonchev–Trinajstić information content (AvgIpc) is 2.28. The molecule has 0 fully saturated rings. The minimum atomic E-state index is -2.21. The summed E-state index contributed by atoms with van der Waals surface area (Å²) < 4.78 is 1.56. The van der Waals surface area contributed by atoms with Gasteiger partial charge in [-0.2, -0.15) is 0 Å². The predicted octanol–water partition coefficient (Wildman–Crippen LogP) is 2.71. The van der Waals surface area contributed by atoms with Crippen LogP contribution in [-0.2, 0) is 0 Å². The molecule has 15 heavy (non-hydrogen) atoms. The fraction of sp³-hybridized carbons (Fsp3) is 0.455. The van der Waals surface area contributed by atoms with Crippen molar-refractivity contribution in [3.05, 3.63) is 29.8 Å². The Bertz CT molecular complexity index is 324. The first-order chi connectivity index (χ1) is 7.05. The second-order valence-corrected chi connectivity index (χ2v) is 31.2. The van der Waals surface area contributed by atoms with Crippen molar-refractivity contribution in [3.8, 4) is 0 Å². The fourth-order valence-corrected chi connectivity index (χ4v) is 16.8. The molecule has 0 aliphatic carbocycles. The summed E-state index contributed by atoms with van der Waals surface area (Å²) in [6, 6.07) is 8.85. The SMILES string of the molecule is C[S][Sn]([CH3])([S]C)[c]1ccccc1C(C)N.